The average Bonchev–Trinajstić information content (AvgIpc) is 2.46. The van der Waals surface area contributed by atoms with E-state index in [0.29, 0.717) is 24.4 Å². The molecule has 0 aliphatic carbocycles. The Morgan fingerprint density at radius 1 is 1.10 bits per heavy atom. The van der Waals surface area contributed by atoms with Gasteiger partial charge in [-0.1, -0.05) is 0 Å². The Balaban J connectivity index is 2.17. The molecule has 0 aliphatic heterocycles. The minimum Gasteiger partial charge on any atom is -0.354 e. The smallest absolute Gasteiger partial charge is 0.231 e. The summed E-state index contributed by atoms with van der Waals surface area (Å²) in [7, 11) is 3.81. The third-order valence-corrected chi connectivity index (χ3v) is 2.94. The van der Waals surface area contributed by atoms with E-state index < -0.39 is 0 Å². The van der Waals surface area contributed by atoms with Crippen molar-refractivity contribution in [3.63, 3.8) is 0 Å². The second kappa shape index (κ2) is 6.83. The molecule has 0 fully saturated rings. The van der Waals surface area contributed by atoms with Gasteiger partial charge in [0.2, 0.25) is 17.8 Å². The van der Waals surface area contributed by atoms with Gasteiger partial charge in [-0.3, -0.25) is 4.98 Å². The topological polar surface area (TPSA) is 78.9 Å². The van der Waals surface area contributed by atoms with Gasteiger partial charge >= 0.3 is 0 Å². The van der Waals surface area contributed by atoms with E-state index in [1.165, 1.54) is 5.56 Å². The lowest BCUT2D eigenvalue weighted by Gasteiger charge is -2.14. The Morgan fingerprint density at radius 2 is 1.81 bits per heavy atom. The van der Waals surface area contributed by atoms with Crippen LogP contribution in [0.2, 0.25) is 0 Å². The summed E-state index contributed by atoms with van der Waals surface area (Å²) in [5, 5.41) is 6.34. The Morgan fingerprint density at radius 3 is 2.43 bits per heavy atom. The minimum absolute atomic E-state index is 0.549. The largest absolute Gasteiger partial charge is 0.354 e. The first-order valence-corrected chi connectivity index (χ1v) is 6.90. The molecular weight excluding hydrogens is 266 g/mol. The Bertz CT molecular complexity index is 598. The summed E-state index contributed by atoms with van der Waals surface area (Å²) < 4.78 is 0. The van der Waals surface area contributed by atoms with Crippen molar-refractivity contribution >= 4 is 17.8 Å². The van der Waals surface area contributed by atoms with Crippen molar-refractivity contribution in [2.24, 2.45) is 0 Å². The van der Waals surface area contributed by atoms with Gasteiger partial charge in [0.1, 0.15) is 0 Å². The second-order valence-electron chi connectivity index (χ2n) is 4.86. The molecule has 0 aliphatic rings. The normalized spacial score (nSPS) is 10.3. The van der Waals surface area contributed by atoms with Crippen LogP contribution in [-0.2, 0) is 6.54 Å². The zero-order valence-corrected chi connectivity index (χ0v) is 12.9. The molecule has 0 amide bonds. The van der Waals surface area contributed by atoms with Gasteiger partial charge < -0.3 is 15.5 Å². The van der Waals surface area contributed by atoms with Crippen molar-refractivity contribution < 1.29 is 0 Å². The molecule has 0 aromatic carbocycles. The van der Waals surface area contributed by atoms with Crippen LogP contribution in [0, 0.1) is 6.92 Å². The summed E-state index contributed by atoms with van der Waals surface area (Å²) in [6.45, 7) is 5.45. The van der Waals surface area contributed by atoms with Crippen LogP contribution in [0.1, 0.15) is 18.1 Å². The van der Waals surface area contributed by atoms with Crippen molar-refractivity contribution in [2.75, 3.05) is 36.2 Å². The Kier molecular flexibility index (Phi) is 4.86. The van der Waals surface area contributed by atoms with E-state index in [4.69, 9.17) is 0 Å². The van der Waals surface area contributed by atoms with Crippen LogP contribution >= 0.6 is 0 Å². The van der Waals surface area contributed by atoms with Crippen LogP contribution < -0.4 is 15.5 Å². The van der Waals surface area contributed by atoms with Crippen LogP contribution in [0.4, 0.5) is 17.8 Å². The molecule has 0 radical (unpaired) electrons. The lowest BCUT2D eigenvalue weighted by molar-refractivity contribution is 0.933. The number of rotatable bonds is 6. The lowest BCUT2D eigenvalue weighted by Crippen LogP contribution is -2.17. The van der Waals surface area contributed by atoms with Gasteiger partial charge in [-0.05, 0) is 31.0 Å². The summed E-state index contributed by atoms with van der Waals surface area (Å²) in [5.41, 5.74) is 2.31. The summed E-state index contributed by atoms with van der Waals surface area (Å²) in [6, 6.07) is 1.99. The lowest BCUT2D eigenvalue weighted by atomic mass is 10.2. The van der Waals surface area contributed by atoms with E-state index in [-0.39, 0.29) is 0 Å². The van der Waals surface area contributed by atoms with Crippen LogP contribution in [0.5, 0.6) is 0 Å². The first kappa shape index (κ1) is 15.0. The first-order valence-electron chi connectivity index (χ1n) is 6.90. The Hall–Kier alpha value is -2.44. The molecule has 0 saturated carbocycles. The van der Waals surface area contributed by atoms with Gasteiger partial charge in [-0.25, -0.2) is 0 Å². The number of hydrogen-bond acceptors (Lipinski definition) is 7. The third kappa shape index (κ3) is 4.01. The molecule has 2 heterocycles. The zero-order chi connectivity index (χ0) is 15.2. The monoisotopic (exact) mass is 287 g/mol. The fraction of sp³-hybridized carbons (Fsp3) is 0.429. The molecule has 2 N–H and O–H groups in total. The Labute approximate surface area is 124 Å². The van der Waals surface area contributed by atoms with Crippen LogP contribution in [0.25, 0.3) is 0 Å². The molecule has 2 aromatic rings. The first-order chi connectivity index (χ1) is 10.1. The number of aryl methyl sites for hydroxylation is 1. The van der Waals surface area contributed by atoms with E-state index in [9.17, 15) is 0 Å². The predicted octanol–water partition coefficient (Wildman–Crippen LogP) is 1.68. The highest BCUT2D eigenvalue weighted by molar-refractivity contribution is 5.43. The second-order valence-corrected chi connectivity index (χ2v) is 4.86. The van der Waals surface area contributed by atoms with Gasteiger partial charge in [0.05, 0.1) is 0 Å². The van der Waals surface area contributed by atoms with Crippen molar-refractivity contribution in [2.45, 2.75) is 20.4 Å². The third-order valence-electron chi connectivity index (χ3n) is 2.94. The number of aromatic nitrogens is 4. The fourth-order valence-electron chi connectivity index (χ4n) is 1.74. The van der Waals surface area contributed by atoms with Crippen LogP contribution in [-0.4, -0.2) is 40.6 Å². The van der Waals surface area contributed by atoms with Crippen molar-refractivity contribution in [1.29, 1.82) is 0 Å². The van der Waals surface area contributed by atoms with Gasteiger partial charge in [0.15, 0.2) is 0 Å². The molecule has 2 aromatic heterocycles. The molecule has 2 rings (SSSR count). The molecular formula is C14H21N7. The van der Waals surface area contributed by atoms with Gasteiger partial charge in [-0.15, -0.1) is 0 Å². The quantitative estimate of drug-likeness (QED) is 0.837. The zero-order valence-electron chi connectivity index (χ0n) is 12.9. The standard InChI is InChI=1S/C14H21N7/c1-5-16-12-18-13(20-14(19-12)21(3)4)17-9-11-8-15-7-6-10(11)2/h6-8H,5,9H2,1-4H3,(H2,16,17,18,19,20). The van der Waals surface area contributed by atoms with Gasteiger partial charge in [-0.2, -0.15) is 15.0 Å². The molecule has 0 saturated heterocycles. The maximum atomic E-state index is 4.39. The van der Waals surface area contributed by atoms with Crippen molar-refractivity contribution in [3.8, 4) is 0 Å². The highest BCUT2D eigenvalue weighted by Crippen LogP contribution is 2.13. The van der Waals surface area contributed by atoms with Gasteiger partial charge in [0.25, 0.3) is 0 Å². The molecule has 0 bridgehead atoms. The van der Waals surface area contributed by atoms with E-state index in [1.807, 2.05) is 38.2 Å². The van der Waals surface area contributed by atoms with E-state index in [2.05, 4.69) is 37.5 Å². The average molecular weight is 287 g/mol. The number of pyridine rings is 1. The van der Waals surface area contributed by atoms with Crippen molar-refractivity contribution in [1.82, 2.24) is 19.9 Å². The number of hydrogen-bond donors (Lipinski definition) is 2. The van der Waals surface area contributed by atoms with E-state index in [1.54, 1.807) is 6.20 Å². The molecule has 112 valence electrons. The van der Waals surface area contributed by atoms with E-state index >= 15 is 0 Å². The summed E-state index contributed by atoms with van der Waals surface area (Å²) in [5.74, 6) is 1.74. The summed E-state index contributed by atoms with van der Waals surface area (Å²) >= 11 is 0. The SMILES string of the molecule is CCNc1nc(NCc2cnccc2C)nc(N(C)C)n1. The van der Waals surface area contributed by atoms with Gasteiger partial charge in [0, 0.05) is 39.6 Å². The predicted molar refractivity (Wildman–Crippen MR) is 84.6 cm³/mol. The van der Waals surface area contributed by atoms with Crippen LogP contribution in [0.3, 0.4) is 0 Å². The molecule has 7 nitrogen and oxygen atoms in total. The summed E-state index contributed by atoms with van der Waals surface area (Å²) in [6.07, 6.45) is 3.64. The van der Waals surface area contributed by atoms with Crippen LogP contribution in [0.15, 0.2) is 18.5 Å². The molecule has 7 heteroatoms. The number of anilines is 3. The molecule has 0 atom stereocenters. The highest BCUT2D eigenvalue weighted by Gasteiger charge is 2.08. The maximum absolute atomic E-state index is 4.39. The molecule has 21 heavy (non-hydrogen) atoms. The number of nitrogens with zero attached hydrogens (tertiary/aromatic N) is 5. The highest BCUT2D eigenvalue weighted by atomic mass is 15.3. The fourth-order valence-corrected chi connectivity index (χ4v) is 1.74. The summed E-state index contributed by atoms with van der Waals surface area (Å²) in [4.78, 5) is 19.1. The number of nitrogens with one attached hydrogen (secondary N) is 2. The molecule has 0 spiro atoms. The molecule has 0 unspecified atom stereocenters. The maximum Gasteiger partial charge on any atom is 0.231 e. The van der Waals surface area contributed by atoms with E-state index in [0.717, 1.165) is 12.1 Å². The van der Waals surface area contributed by atoms with Crippen molar-refractivity contribution in [3.05, 3.63) is 29.6 Å². The minimum atomic E-state index is 0.549.